The molecule has 1 saturated carbocycles. The van der Waals surface area contributed by atoms with Crippen LogP contribution in [0.15, 0.2) is 23.8 Å². The quantitative estimate of drug-likeness (QED) is 0.566. The average Bonchev–Trinajstić information content (AvgIpc) is 2.78. The summed E-state index contributed by atoms with van der Waals surface area (Å²) in [5.41, 5.74) is 1.63. The molecule has 0 heteroatoms. The number of hydrogen-bond donors (Lipinski definition) is 0. The minimum Gasteiger partial charge on any atom is -0.0875 e. The normalized spacial score (nSPS) is 30.7. The highest BCUT2D eigenvalue weighted by Crippen LogP contribution is 2.46. The lowest BCUT2D eigenvalue weighted by Gasteiger charge is -2.03. The first kappa shape index (κ1) is 10.6. The third-order valence-electron chi connectivity index (χ3n) is 3.31. The molecule has 1 aliphatic carbocycles. The molecular formula is C13H22. The summed E-state index contributed by atoms with van der Waals surface area (Å²) in [4.78, 5) is 0. The van der Waals surface area contributed by atoms with E-state index in [-0.39, 0.29) is 0 Å². The van der Waals surface area contributed by atoms with Crippen LogP contribution in [0, 0.1) is 17.8 Å². The summed E-state index contributed by atoms with van der Waals surface area (Å²) >= 11 is 0. The van der Waals surface area contributed by atoms with Crippen LogP contribution in [-0.2, 0) is 0 Å². The van der Waals surface area contributed by atoms with Gasteiger partial charge in [-0.05, 0) is 31.6 Å². The molecule has 0 aliphatic heterocycles. The third kappa shape index (κ3) is 2.46. The lowest BCUT2D eigenvalue weighted by atomic mass is 10.0. The van der Waals surface area contributed by atoms with Crippen LogP contribution < -0.4 is 0 Å². The summed E-state index contributed by atoms with van der Waals surface area (Å²) in [6.07, 6.45) is 9.65. The zero-order valence-electron chi connectivity index (χ0n) is 9.38. The molecule has 1 rings (SSSR count). The molecule has 0 radical (unpaired) electrons. The smallest absolute Gasteiger partial charge is 0.00428 e. The summed E-state index contributed by atoms with van der Waals surface area (Å²) in [5, 5.41) is 0. The summed E-state index contributed by atoms with van der Waals surface area (Å²) in [6.45, 7) is 9.00. The van der Waals surface area contributed by atoms with Gasteiger partial charge in [0, 0.05) is 5.92 Å². The topological polar surface area (TPSA) is 0 Å². The SMILES string of the molecule is CC=C1C(C)C1C=CC(CC)CC. The van der Waals surface area contributed by atoms with Crippen molar-refractivity contribution in [3.8, 4) is 0 Å². The monoisotopic (exact) mass is 178 g/mol. The molecule has 0 aromatic rings. The molecule has 0 bridgehead atoms. The highest BCUT2D eigenvalue weighted by molar-refractivity contribution is 5.33. The molecule has 0 amide bonds. The standard InChI is InChI=1S/C13H22/c1-5-11(6-2)8-9-13-10(4)12(13)7-3/h7-11,13H,5-6H2,1-4H3. The summed E-state index contributed by atoms with van der Waals surface area (Å²) in [5.74, 6) is 2.38. The summed E-state index contributed by atoms with van der Waals surface area (Å²) in [7, 11) is 0. The van der Waals surface area contributed by atoms with Crippen LogP contribution in [-0.4, -0.2) is 0 Å². The second-order valence-electron chi connectivity index (χ2n) is 4.06. The second kappa shape index (κ2) is 4.64. The predicted molar refractivity (Wildman–Crippen MR) is 59.6 cm³/mol. The highest BCUT2D eigenvalue weighted by atomic mass is 14.4. The summed E-state index contributed by atoms with van der Waals surface area (Å²) < 4.78 is 0. The lowest BCUT2D eigenvalue weighted by Crippen LogP contribution is -1.90. The number of hydrogen-bond acceptors (Lipinski definition) is 0. The van der Waals surface area contributed by atoms with Gasteiger partial charge in [0.25, 0.3) is 0 Å². The van der Waals surface area contributed by atoms with Crippen molar-refractivity contribution in [2.45, 2.75) is 40.5 Å². The van der Waals surface area contributed by atoms with Gasteiger partial charge in [-0.1, -0.05) is 44.6 Å². The van der Waals surface area contributed by atoms with Crippen molar-refractivity contribution >= 4 is 0 Å². The van der Waals surface area contributed by atoms with Gasteiger partial charge in [0.15, 0.2) is 0 Å². The molecule has 1 fully saturated rings. The van der Waals surface area contributed by atoms with Gasteiger partial charge in [-0.15, -0.1) is 0 Å². The number of rotatable bonds is 4. The Labute approximate surface area is 82.7 Å². The molecule has 0 aromatic carbocycles. The van der Waals surface area contributed by atoms with Crippen LogP contribution in [0.25, 0.3) is 0 Å². The van der Waals surface area contributed by atoms with Crippen molar-refractivity contribution in [3.05, 3.63) is 23.8 Å². The zero-order chi connectivity index (χ0) is 9.84. The first-order valence-corrected chi connectivity index (χ1v) is 5.58. The van der Waals surface area contributed by atoms with Gasteiger partial charge in [0.1, 0.15) is 0 Å². The van der Waals surface area contributed by atoms with Crippen molar-refractivity contribution in [1.82, 2.24) is 0 Å². The molecule has 2 atom stereocenters. The second-order valence-corrected chi connectivity index (χ2v) is 4.06. The zero-order valence-corrected chi connectivity index (χ0v) is 9.38. The Kier molecular flexibility index (Phi) is 3.77. The largest absolute Gasteiger partial charge is 0.0875 e. The van der Waals surface area contributed by atoms with Crippen molar-refractivity contribution < 1.29 is 0 Å². The van der Waals surface area contributed by atoms with E-state index < -0.39 is 0 Å². The Hall–Kier alpha value is -0.520. The van der Waals surface area contributed by atoms with Gasteiger partial charge in [-0.3, -0.25) is 0 Å². The minimum atomic E-state index is 0.769. The molecule has 1 aliphatic rings. The highest BCUT2D eigenvalue weighted by Gasteiger charge is 2.36. The molecule has 13 heavy (non-hydrogen) atoms. The van der Waals surface area contributed by atoms with E-state index in [0.29, 0.717) is 0 Å². The fourth-order valence-electron chi connectivity index (χ4n) is 2.02. The Balaban J connectivity index is 2.41. The van der Waals surface area contributed by atoms with E-state index in [1.54, 1.807) is 5.57 Å². The van der Waals surface area contributed by atoms with Gasteiger partial charge >= 0.3 is 0 Å². The van der Waals surface area contributed by atoms with E-state index >= 15 is 0 Å². The average molecular weight is 178 g/mol. The van der Waals surface area contributed by atoms with Crippen LogP contribution in [0.4, 0.5) is 0 Å². The molecular weight excluding hydrogens is 156 g/mol. The van der Waals surface area contributed by atoms with Gasteiger partial charge in [0.05, 0.1) is 0 Å². The van der Waals surface area contributed by atoms with E-state index in [1.165, 1.54) is 12.8 Å². The van der Waals surface area contributed by atoms with E-state index in [2.05, 4.69) is 45.9 Å². The Morgan fingerprint density at radius 3 is 2.31 bits per heavy atom. The van der Waals surface area contributed by atoms with Crippen molar-refractivity contribution in [3.63, 3.8) is 0 Å². The first-order valence-electron chi connectivity index (χ1n) is 5.58. The Bertz CT molecular complexity index is 206. The van der Waals surface area contributed by atoms with E-state index in [4.69, 9.17) is 0 Å². The predicted octanol–water partition coefficient (Wildman–Crippen LogP) is 4.19. The Morgan fingerprint density at radius 1 is 1.31 bits per heavy atom. The molecule has 0 spiro atoms. The molecule has 2 unspecified atom stereocenters. The van der Waals surface area contributed by atoms with Crippen LogP contribution in [0.3, 0.4) is 0 Å². The molecule has 74 valence electrons. The van der Waals surface area contributed by atoms with E-state index in [9.17, 15) is 0 Å². The fourth-order valence-corrected chi connectivity index (χ4v) is 2.02. The van der Waals surface area contributed by atoms with Crippen LogP contribution >= 0.6 is 0 Å². The first-order chi connectivity index (χ1) is 6.24. The van der Waals surface area contributed by atoms with Crippen LogP contribution in [0.1, 0.15) is 40.5 Å². The van der Waals surface area contributed by atoms with Crippen molar-refractivity contribution in [1.29, 1.82) is 0 Å². The van der Waals surface area contributed by atoms with Gasteiger partial charge in [0.2, 0.25) is 0 Å². The molecule has 0 nitrogen and oxygen atoms in total. The van der Waals surface area contributed by atoms with Crippen molar-refractivity contribution in [2.24, 2.45) is 17.8 Å². The minimum absolute atomic E-state index is 0.769. The molecule has 0 heterocycles. The van der Waals surface area contributed by atoms with E-state index in [0.717, 1.165) is 17.8 Å². The fraction of sp³-hybridized carbons (Fsp3) is 0.692. The lowest BCUT2D eigenvalue weighted by molar-refractivity contribution is 0.603. The molecule has 0 saturated heterocycles. The maximum atomic E-state index is 2.41. The molecule has 0 aromatic heterocycles. The third-order valence-corrected chi connectivity index (χ3v) is 3.31. The van der Waals surface area contributed by atoms with Crippen LogP contribution in [0.2, 0.25) is 0 Å². The van der Waals surface area contributed by atoms with Gasteiger partial charge in [-0.2, -0.15) is 0 Å². The van der Waals surface area contributed by atoms with Gasteiger partial charge in [-0.25, -0.2) is 0 Å². The van der Waals surface area contributed by atoms with Crippen molar-refractivity contribution in [2.75, 3.05) is 0 Å². The summed E-state index contributed by atoms with van der Waals surface area (Å²) in [6, 6.07) is 0. The van der Waals surface area contributed by atoms with Crippen LogP contribution in [0.5, 0.6) is 0 Å². The maximum Gasteiger partial charge on any atom is 0.00428 e. The Morgan fingerprint density at radius 2 is 1.92 bits per heavy atom. The number of allylic oxidation sites excluding steroid dienone is 4. The van der Waals surface area contributed by atoms with E-state index in [1.807, 2.05) is 0 Å². The maximum absolute atomic E-state index is 2.41. The van der Waals surface area contributed by atoms with Gasteiger partial charge < -0.3 is 0 Å². The molecule has 0 N–H and O–H groups in total.